The molecule has 27 heavy (non-hydrogen) atoms. The van der Waals surface area contributed by atoms with Gasteiger partial charge >= 0.3 is 0 Å². The van der Waals surface area contributed by atoms with Gasteiger partial charge in [-0.3, -0.25) is 4.79 Å². The fourth-order valence-electron chi connectivity index (χ4n) is 2.73. The molecule has 0 unspecified atom stereocenters. The highest BCUT2D eigenvalue weighted by Crippen LogP contribution is 2.33. The Bertz CT molecular complexity index is 1040. The Morgan fingerprint density at radius 3 is 2.74 bits per heavy atom. The van der Waals surface area contributed by atoms with Crippen molar-refractivity contribution < 1.29 is 27.1 Å². The lowest BCUT2D eigenvalue weighted by atomic mass is 10.2. The number of nitrogens with one attached hydrogen (secondary N) is 1. The van der Waals surface area contributed by atoms with Crippen LogP contribution < -0.4 is 14.8 Å². The molecule has 7 nitrogen and oxygen atoms in total. The highest BCUT2D eigenvalue weighted by Gasteiger charge is 2.32. The number of ether oxygens (including phenoxy) is 2. The number of hydrogen-bond donors (Lipinski definition) is 1. The Hall–Kier alpha value is -2.78. The lowest BCUT2D eigenvalue weighted by Crippen LogP contribution is -2.31. The van der Waals surface area contributed by atoms with Crippen LogP contribution in [0, 0.1) is 0 Å². The van der Waals surface area contributed by atoms with Gasteiger partial charge in [0.15, 0.2) is 21.3 Å². The Labute approximate surface area is 159 Å². The summed E-state index contributed by atoms with van der Waals surface area (Å²) in [5.41, 5.74) is 0.353. The molecule has 1 amide bonds. The molecule has 9 heteroatoms. The number of hydrogen-bond acceptors (Lipinski definition) is 7. The van der Waals surface area contributed by atoms with E-state index in [1.54, 1.807) is 41.8 Å². The van der Waals surface area contributed by atoms with Crippen LogP contribution in [0.25, 0.3) is 0 Å². The minimum atomic E-state index is -3.70. The number of carbonyl (C=O) groups is 1. The average molecular weight is 405 g/mol. The monoisotopic (exact) mass is 405 g/mol. The summed E-state index contributed by atoms with van der Waals surface area (Å²) in [5.74, 6) is 0.914. The van der Waals surface area contributed by atoms with Crippen LogP contribution in [0.4, 0.5) is 0 Å². The number of benzene rings is 1. The van der Waals surface area contributed by atoms with Gasteiger partial charge in [0.05, 0.1) is 6.26 Å². The molecule has 1 aliphatic heterocycles. The SMILES string of the molecule is O=C(NC[C@H](c1ccco1)S(=O)(=O)c1cccs1)c1ccc2c(c1)OCO2. The molecule has 1 atom stereocenters. The zero-order valence-corrected chi connectivity index (χ0v) is 15.6. The van der Waals surface area contributed by atoms with Crippen LogP contribution >= 0.6 is 11.3 Å². The number of sulfone groups is 1. The molecule has 4 rings (SSSR count). The third-order valence-corrected chi connectivity index (χ3v) is 7.59. The molecule has 3 aromatic rings. The Morgan fingerprint density at radius 2 is 2.00 bits per heavy atom. The summed E-state index contributed by atoms with van der Waals surface area (Å²) in [7, 11) is -3.70. The van der Waals surface area contributed by atoms with Crippen molar-refractivity contribution in [2.75, 3.05) is 13.3 Å². The summed E-state index contributed by atoms with van der Waals surface area (Å²) < 4.78 is 41.9. The minimum Gasteiger partial charge on any atom is -0.468 e. The van der Waals surface area contributed by atoms with Crippen molar-refractivity contribution in [3.05, 3.63) is 65.4 Å². The highest BCUT2D eigenvalue weighted by molar-refractivity contribution is 7.93. The number of amides is 1. The van der Waals surface area contributed by atoms with E-state index in [0.29, 0.717) is 17.1 Å². The van der Waals surface area contributed by atoms with Crippen LogP contribution in [0.5, 0.6) is 11.5 Å². The van der Waals surface area contributed by atoms with Crippen molar-refractivity contribution in [2.24, 2.45) is 0 Å². The number of carbonyl (C=O) groups excluding carboxylic acids is 1. The summed E-state index contributed by atoms with van der Waals surface area (Å²) >= 11 is 1.13. The van der Waals surface area contributed by atoms with Crippen LogP contribution in [0.15, 0.2) is 62.7 Å². The molecule has 0 aliphatic carbocycles. The normalized spacial score (nSPS) is 14.1. The lowest BCUT2D eigenvalue weighted by Gasteiger charge is -2.15. The molecule has 1 aliphatic rings. The summed E-state index contributed by atoms with van der Waals surface area (Å²) in [5, 5.41) is 3.34. The van der Waals surface area contributed by atoms with Gasteiger partial charge in [-0.25, -0.2) is 8.42 Å². The van der Waals surface area contributed by atoms with Gasteiger partial charge in [0.1, 0.15) is 15.2 Å². The molecule has 1 N–H and O–H groups in total. The third kappa shape index (κ3) is 3.43. The van der Waals surface area contributed by atoms with E-state index < -0.39 is 21.0 Å². The summed E-state index contributed by atoms with van der Waals surface area (Å²) in [6.45, 7) is -0.0128. The Kier molecular flexibility index (Phi) is 4.63. The first-order chi connectivity index (χ1) is 13.1. The second kappa shape index (κ2) is 7.09. The molecule has 2 aromatic heterocycles. The Morgan fingerprint density at radius 1 is 1.15 bits per heavy atom. The smallest absolute Gasteiger partial charge is 0.251 e. The number of thiophene rings is 1. The maximum atomic E-state index is 13.0. The van der Waals surface area contributed by atoms with E-state index in [2.05, 4.69) is 5.32 Å². The fraction of sp³-hybridized carbons (Fsp3) is 0.167. The molecule has 0 fully saturated rings. The van der Waals surface area contributed by atoms with Gasteiger partial charge < -0.3 is 19.2 Å². The molecule has 0 radical (unpaired) electrons. The van der Waals surface area contributed by atoms with Crippen LogP contribution in [0.2, 0.25) is 0 Å². The summed E-state index contributed by atoms with van der Waals surface area (Å²) in [4.78, 5) is 12.5. The maximum Gasteiger partial charge on any atom is 0.251 e. The van der Waals surface area contributed by atoms with Crippen molar-refractivity contribution in [3.63, 3.8) is 0 Å². The van der Waals surface area contributed by atoms with Crippen molar-refractivity contribution >= 4 is 27.1 Å². The average Bonchev–Trinajstić information content (AvgIpc) is 3.42. The molecule has 0 spiro atoms. The van der Waals surface area contributed by atoms with Crippen LogP contribution in [0.3, 0.4) is 0 Å². The first-order valence-electron chi connectivity index (χ1n) is 8.04. The quantitative estimate of drug-likeness (QED) is 0.677. The van der Waals surface area contributed by atoms with Gasteiger partial charge in [-0.15, -0.1) is 11.3 Å². The van der Waals surface area contributed by atoms with Crippen LogP contribution in [0.1, 0.15) is 21.4 Å². The van der Waals surface area contributed by atoms with Gasteiger partial charge in [-0.2, -0.15) is 0 Å². The van der Waals surface area contributed by atoms with E-state index in [9.17, 15) is 13.2 Å². The topological polar surface area (TPSA) is 94.8 Å². The zero-order chi connectivity index (χ0) is 18.9. The van der Waals surface area contributed by atoms with Gasteiger partial charge in [0, 0.05) is 12.1 Å². The fourth-order valence-corrected chi connectivity index (χ4v) is 5.52. The van der Waals surface area contributed by atoms with E-state index in [-0.39, 0.29) is 23.3 Å². The van der Waals surface area contributed by atoms with Crippen molar-refractivity contribution in [1.29, 1.82) is 0 Å². The third-order valence-electron chi connectivity index (χ3n) is 4.09. The van der Waals surface area contributed by atoms with Crippen LogP contribution in [-0.2, 0) is 9.84 Å². The molecular formula is C18H15NO6S2. The molecule has 0 saturated carbocycles. The number of rotatable bonds is 6. The predicted octanol–water partition coefficient (Wildman–Crippen LogP) is 3.01. The van der Waals surface area contributed by atoms with E-state index in [0.717, 1.165) is 11.3 Å². The highest BCUT2D eigenvalue weighted by atomic mass is 32.2. The first kappa shape index (κ1) is 17.6. The number of furan rings is 1. The van der Waals surface area contributed by atoms with Crippen molar-refractivity contribution in [2.45, 2.75) is 9.46 Å². The second-order valence-corrected chi connectivity index (χ2v) is 9.06. The minimum absolute atomic E-state index is 0.111. The predicted molar refractivity (Wildman–Crippen MR) is 97.9 cm³/mol. The largest absolute Gasteiger partial charge is 0.468 e. The van der Waals surface area contributed by atoms with Gasteiger partial charge in [0.25, 0.3) is 5.91 Å². The number of fused-ring (bicyclic) bond motifs is 1. The van der Waals surface area contributed by atoms with Crippen molar-refractivity contribution in [1.82, 2.24) is 5.32 Å². The maximum absolute atomic E-state index is 13.0. The first-order valence-corrected chi connectivity index (χ1v) is 10.5. The second-order valence-electron chi connectivity index (χ2n) is 5.76. The summed E-state index contributed by atoms with van der Waals surface area (Å²) in [6.07, 6.45) is 1.41. The summed E-state index contributed by atoms with van der Waals surface area (Å²) in [6, 6.07) is 11.2. The molecular weight excluding hydrogens is 390 g/mol. The van der Waals surface area contributed by atoms with Gasteiger partial charge in [-0.1, -0.05) is 6.07 Å². The van der Waals surface area contributed by atoms with Crippen LogP contribution in [-0.4, -0.2) is 27.7 Å². The van der Waals surface area contributed by atoms with Crippen molar-refractivity contribution in [3.8, 4) is 11.5 Å². The van der Waals surface area contributed by atoms with E-state index in [1.807, 2.05) is 0 Å². The molecule has 140 valence electrons. The van der Waals surface area contributed by atoms with Gasteiger partial charge in [0.2, 0.25) is 6.79 Å². The molecule has 1 aromatic carbocycles. The van der Waals surface area contributed by atoms with E-state index in [4.69, 9.17) is 13.9 Å². The molecule has 0 saturated heterocycles. The van der Waals surface area contributed by atoms with E-state index in [1.165, 1.54) is 12.3 Å². The standard InChI is InChI=1S/C18H15NO6S2/c20-18(12-5-6-13-15(9-12)25-11-24-13)19-10-16(14-3-1-7-23-14)27(21,22)17-4-2-8-26-17/h1-9,16H,10-11H2,(H,19,20)/t16-/m1/s1. The lowest BCUT2D eigenvalue weighted by molar-refractivity contribution is 0.0952. The zero-order valence-electron chi connectivity index (χ0n) is 14.0. The molecule has 0 bridgehead atoms. The van der Waals surface area contributed by atoms with E-state index >= 15 is 0 Å². The van der Waals surface area contributed by atoms with Gasteiger partial charge in [-0.05, 0) is 41.8 Å². The molecule has 3 heterocycles. The Balaban J connectivity index is 1.55.